The molecule has 0 saturated heterocycles. The van der Waals surface area contributed by atoms with Gasteiger partial charge in [0.15, 0.2) is 0 Å². The van der Waals surface area contributed by atoms with Crippen LogP contribution in [0.3, 0.4) is 0 Å². The average molecular weight is 473 g/mol. The van der Waals surface area contributed by atoms with E-state index in [1.54, 1.807) is 42.5 Å². The number of amides is 1. The summed E-state index contributed by atoms with van der Waals surface area (Å²) in [7, 11) is -8.07. The zero-order valence-electron chi connectivity index (χ0n) is 17.7. The van der Waals surface area contributed by atoms with E-state index in [1.807, 2.05) is 13.8 Å². The number of sulfonamides is 2. The Hall–Kier alpha value is -3.01. The molecule has 0 bridgehead atoms. The Morgan fingerprint density at radius 2 is 1.25 bits per heavy atom. The van der Waals surface area contributed by atoms with Crippen LogP contribution in [0.15, 0.2) is 88.7 Å². The van der Waals surface area contributed by atoms with E-state index in [9.17, 15) is 21.6 Å². The number of nitrogens with one attached hydrogen (secondary N) is 1. The topological polar surface area (TPSA) is 101 Å². The quantitative estimate of drug-likeness (QED) is 0.543. The van der Waals surface area contributed by atoms with E-state index in [0.29, 0.717) is 4.31 Å². The second-order valence-corrected chi connectivity index (χ2v) is 10.9. The fraction of sp³-hybridized carbons (Fsp3) is 0.174. The second-order valence-electron chi connectivity index (χ2n) is 7.27. The van der Waals surface area contributed by atoms with Crippen molar-refractivity contribution in [2.24, 2.45) is 0 Å². The van der Waals surface area contributed by atoms with Gasteiger partial charge in [0.1, 0.15) is 0 Å². The minimum absolute atomic E-state index is 0.0474. The molecule has 3 aromatic carbocycles. The number of rotatable bonds is 8. The molecule has 0 spiro atoms. The standard InChI is InChI=1S/C23H24N2O5S2/c1-18-8-12-21(13-9-18)31(27,28)24-16-17-25(23(26)20-6-4-3-5-7-20)32(29,30)22-14-10-19(2)11-15-22/h3-15,24H,16-17H2,1-2H3. The maximum Gasteiger partial charge on any atom is 0.267 e. The Labute approximate surface area is 188 Å². The Bertz CT molecular complexity index is 1290. The van der Waals surface area contributed by atoms with Crippen LogP contribution in [0.25, 0.3) is 0 Å². The van der Waals surface area contributed by atoms with Crippen molar-refractivity contribution < 1.29 is 21.6 Å². The Kier molecular flexibility index (Phi) is 7.12. The molecule has 0 aliphatic carbocycles. The number of benzene rings is 3. The molecule has 168 valence electrons. The lowest BCUT2D eigenvalue weighted by Gasteiger charge is -2.23. The number of aryl methyl sites for hydroxylation is 2. The molecule has 0 aromatic heterocycles. The van der Waals surface area contributed by atoms with Crippen molar-refractivity contribution in [3.63, 3.8) is 0 Å². The molecule has 0 fully saturated rings. The lowest BCUT2D eigenvalue weighted by atomic mass is 10.2. The Morgan fingerprint density at radius 3 is 1.78 bits per heavy atom. The summed E-state index contributed by atoms with van der Waals surface area (Å²) in [5.74, 6) is -0.735. The Morgan fingerprint density at radius 1 is 0.750 bits per heavy atom. The van der Waals surface area contributed by atoms with Gasteiger partial charge >= 0.3 is 0 Å². The van der Waals surface area contributed by atoms with Crippen molar-refractivity contribution in [2.45, 2.75) is 23.6 Å². The van der Waals surface area contributed by atoms with Gasteiger partial charge in [-0.05, 0) is 50.2 Å². The summed E-state index contributed by atoms with van der Waals surface area (Å²) in [4.78, 5) is 13.1. The monoisotopic (exact) mass is 472 g/mol. The van der Waals surface area contributed by atoms with Crippen molar-refractivity contribution in [3.05, 3.63) is 95.6 Å². The molecule has 0 atom stereocenters. The molecule has 9 heteroatoms. The van der Waals surface area contributed by atoms with Gasteiger partial charge in [-0.3, -0.25) is 4.79 Å². The second kappa shape index (κ2) is 9.64. The van der Waals surface area contributed by atoms with Gasteiger partial charge in [-0.1, -0.05) is 53.6 Å². The van der Waals surface area contributed by atoms with Crippen molar-refractivity contribution >= 4 is 26.0 Å². The molecule has 32 heavy (non-hydrogen) atoms. The summed E-state index contributed by atoms with van der Waals surface area (Å²) in [6, 6.07) is 20.4. The fourth-order valence-electron chi connectivity index (χ4n) is 2.98. The molecule has 0 aliphatic heterocycles. The lowest BCUT2D eigenvalue weighted by Crippen LogP contribution is -2.42. The number of hydrogen-bond donors (Lipinski definition) is 1. The van der Waals surface area contributed by atoms with E-state index in [-0.39, 0.29) is 28.4 Å². The first-order valence-corrected chi connectivity index (χ1v) is 12.8. The van der Waals surface area contributed by atoms with E-state index >= 15 is 0 Å². The molecule has 3 rings (SSSR count). The van der Waals surface area contributed by atoms with Crippen LogP contribution in [-0.2, 0) is 20.0 Å². The zero-order valence-corrected chi connectivity index (χ0v) is 19.4. The highest BCUT2D eigenvalue weighted by molar-refractivity contribution is 7.90. The summed E-state index contributed by atoms with van der Waals surface area (Å²) < 4.78 is 54.7. The van der Waals surface area contributed by atoms with Gasteiger partial charge in [-0.2, -0.15) is 0 Å². The molecule has 0 saturated carbocycles. The molecular weight excluding hydrogens is 448 g/mol. The third kappa shape index (κ3) is 5.42. The van der Waals surface area contributed by atoms with E-state index in [1.165, 1.54) is 36.4 Å². The van der Waals surface area contributed by atoms with Gasteiger partial charge in [0.05, 0.1) is 16.3 Å². The first-order chi connectivity index (χ1) is 15.1. The van der Waals surface area contributed by atoms with Gasteiger partial charge < -0.3 is 0 Å². The zero-order chi connectivity index (χ0) is 23.4. The van der Waals surface area contributed by atoms with Crippen LogP contribution in [0.2, 0.25) is 0 Å². The van der Waals surface area contributed by atoms with Crippen molar-refractivity contribution in [2.75, 3.05) is 13.1 Å². The minimum Gasteiger partial charge on any atom is -0.268 e. The van der Waals surface area contributed by atoms with Gasteiger partial charge in [0, 0.05) is 12.1 Å². The summed E-state index contributed by atoms with van der Waals surface area (Å²) in [5.41, 5.74) is 1.97. The minimum atomic E-state index is -4.20. The third-order valence-corrected chi connectivity index (χ3v) is 8.07. The van der Waals surface area contributed by atoms with E-state index < -0.39 is 26.0 Å². The van der Waals surface area contributed by atoms with Crippen LogP contribution in [0.1, 0.15) is 21.5 Å². The normalized spacial score (nSPS) is 11.8. The van der Waals surface area contributed by atoms with Crippen molar-refractivity contribution in [3.8, 4) is 0 Å². The van der Waals surface area contributed by atoms with Gasteiger partial charge in [-0.25, -0.2) is 25.9 Å². The maximum absolute atomic E-state index is 13.2. The maximum atomic E-state index is 13.2. The van der Waals surface area contributed by atoms with Crippen LogP contribution in [-0.4, -0.2) is 40.1 Å². The largest absolute Gasteiger partial charge is 0.268 e. The number of carbonyl (C=O) groups is 1. The highest BCUT2D eigenvalue weighted by Gasteiger charge is 2.30. The van der Waals surface area contributed by atoms with Crippen molar-refractivity contribution in [1.82, 2.24) is 9.03 Å². The summed E-state index contributed by atoms with van der Waals surface area (Å²) in [6.45, 7) is 3.02. The fourth-order valence-corrected chi connectivity index (χ4v) is 5.39. The first kappa shape index (κ1) is 23.6. The summed E-state index contributed by atoms with van der Waals surface area (Å²) >= 11 is 0. The molecule has 0 heterocycles. The van der Waals surface area contributed by atoms with Gasteiger partial charge in [0.25, 0.3) is 15.9 Å². The van der Waals surface area contributed by atoms with Gasteiger partial charge in [0.2, 0.25) is 10.0 Å². The number of nitrogens with zero attached hydrogens (tertiary/aromatic N) is 1. The van der Waals surface area contributed by atoms with Crippen LogP contribution >= 0.6 is 0 Å². The number of carbonyl (C=O) groups excluding carboxylic acids is 1. The molecule has 7 nitrogen and oxygen atoms in total. The lowest BCUT2D eigenvalue weighted by molar-refractivity contribution is 0.0863. The molecule has 0 radical (unpaired) electrons. The van der Waals surface area contributed by atoms with Crippen LogP contribution < -0.4 is 4.72 Å². The van der Waals surface area contributed by atoms with Crippen LogP contribution in [0, 0.1) is 13.8 Å². The highest BCUT2D eigenvalue weighted by Crippen LogP contribution is 2.19. The van der Waals surface area contributed by atoms with E-state index in [2.05, 4.69) is 4.72 Å². The van der Waals surface area contributed by atoms with Gasteiger partial charge in [-0.15, -0.1) is 0 Å². The smallest absolute Gasteiger partial charge is 0.267 e. The predicted molar refractivity (Wildman–Crippen MR) is 122 cm³/mol. The molecule has 0 aliphatic rings. The molecular formula is C23H24N2O5S2. The van der Waals surface area contributed by atoms with E-state index in [0.717, 1.165) is 11.1 Å². The molecule has 1 N–H and O–H groups in total. The summed E-state index contributed by atoms with van der Waals surface area (Å²) in [6.07, 6.45) is 0. The van der Waals surface area contributed by atoms with Crippen LogP contribution in [0.5, 0.6) is 0 Å². The average Bonchev–Trinajstić information content (AvgIpc) is 2.77. The third-order valence-electron chi connectivity index (χ3n) is 4.79. The summed E-state index contributed by atoms with van der Waals surface area (Å²) in [5, 5.41) is 0. The molecule has 1 amide bonds. The first-order valence-electron chi connectivity index (χ1n) is 9.86. The van der Waals surface area contributed by atoms with Crippen molar-refractivity contribution in [1.29, 1.82) is 0 Å². The SMILES string of the molecule is Cc1ccc(S(=O)(=O)NCCN(C(=O)c2ccccc2)S(=O)(=O)c2ccc(C)cc2)cc1. The highest BCUT2D eigenvalue weighted by atomic mass is 32.2. The Balaban J connectivity index is 1.87. The van der Waals surface area contributed by atoms with E-state index in [4.69, 9.17) is 0 Å². The molecule has 3 aromatic rings. The van der Waals surface area contributed by atoms with Crippen LogP contribution in [0.4, 0.5) is 0 Å². The molecule has 0 unspecified atom stereocenters. The number of hydrogen-bond acceptors (Lipinski definition) is 5. The predicted octanol–water partition coefficient (Wildman–Crippen LogP) is 3.11.